The Hall–Kier alpha value is -1.27. The van der Waals surface area contributed by atoms with Gasteiger partial charge in [0.25, 0.3) is 0 Å². The number of halogens is 1. The predicted octanol–water partition coefficient (Wildman–Crippen LogP) is 3.31. The Labute approximate surface area is 148 Å². The van der Waals surface area contributed by atoms with Crippen LogP contribution in [0.1, 0.15) is 36.8 Å². The number of guanidine groups is 1. The van der Waals surface area contributed by atoms with Gasteiger partial charge in [-0.2, -0.15) is 11.8 Å². The smallest absolute Gasteiger partial charge is 0.191 e. The molecule has 134 valence electrons. The van der Waals surface area contributed by atoms with Crippen molar-refractivity contribution in [1.82, 2.24) is 10.6 Å². The molecule has 0 amide bonds. The lowest BCUT2D eigenvalue weighted by Crippen LogP contribution is -2.45. The van der Waals surface area contributed by atoms with Gasteiger partial charge < -0.3 is 15.4 Å². The summed E-state index contributed by atoms with van der Waals surface area (Å²) in [5.74, 6) is 0.577. The molecule has 0 spiro atoms. The van der Waals surface area contributed by atoms with Crippen molar-refractivity contribution in [3.05, 3.63) is 35.1 Å². The molecule has 2 atom stereocenters. The molecule has 0 radical (unpaired) electrons. The summed E-state index contributed by atoms with van der Waals surface area (Å²) < 4.78 is 18.7. The van der Waals surface area contributed by atoms with Gasteiger partial charge in [0.05, 0.1) is 6.61 Å². The van der Waals surface area contributed by atoms with Crippen molar-refractivity contribution in [1.29, 1.82) is 0 Å². The van der Waals surface area contributed by atoms with Gasteiger partial charge in [-0.3, -0.25) is 4.99 Å². The van der Waals surface area contributed by atoms with Crippen LogP contribution >= 0.6 is 11.8 Å². The van der Waals surface area contributed by atoms with Gasteiger partial charge in [-0.05, 0) is 43.2 Å². The fourth-order valence-electron chi connectivity index (χ4n) is 3.07. The first-order valence-corrected chi connectivity index (χ1v) is 9.71. The molecular formula is C18H28FN3OS. The third-order valence-corrected chi connectivity index (χ3v) is 5.49. The summed E-state index contributed by atoms with van der Waals surface area (Å²) in [7, 11) is 3.35. The number of hydrogen-bond donors (Lipinski definition) is 2. The van der Waals surface area contributed by atoms with Gasteiger partial charge >= 0.3 is 0 Å². The van der Waals surface area contributed by atoms with Crippen molar-refractivity contribution in [2.24, 2.45) is 4.99 Å². The van der Waals surface area contributed by atoms with Crippen LogP contribution in [0.4, 0.5) is 4.39 Å². The van der Waals surface area contributed by atoms with E-state index in [0.29, 0.717) is 18.2 Å². The molecule has 1 aliphatic carbocycles. The van der Waals surface area contributed by atoms with E-state index in [1.165, 1.54) is 31.7 Å². The van der Waals surface area contributed by atoms with Crippen LogP contribution in [-0.2, 0) is 17.9 Å². The largest absolute Gasteiger partial charge is 0.380 e. The van der Waals surface area contributed by atoms with E-state index in [-0.39, 0.29) is 12.4 Å². The van der Waals surface area contributed by atoms with E-state index in [9.17, 15) is 4.39 Å². The van der Waals surface area contributed by atoms with Gasteiger partial charge in [-0.1, -0.05) is 12.5 Å². The molecule has 24 heavy (non-hydrogen) atoms. The lowest BCUT2D eigenvalue weighted by molar-refractivity contribution is 0.181. The zero-order valence-corrected chi connectivity index (χ0v) is 15.6. The van der Waals surface area contributed by atoms with Crippen LogP contribution in [0.2, 0.25) is 0 Å². The van der Waals surface area contributed by atoms with Gasteiger partial charge in [0.15, 0.2) is 5.96 Å². The maximum atomic E-state index is 13.7. The third kappa shape index (κ3) is 5.67. The van der Waals surface area contributed by atoms with Crippen molar-refractivity contribution in [3.8, 4) is 0 Å². The van der Waals surface area contributed by atoms with Crippen LogP contribution in [0.3, 0.4) is 0 Å². The number of nitrogens with zero attached hydrogens (tertiary/aromatic N) is 1. The topological polar surface area (TPSA) is 45.7 Å². The van der Waals surface area contributed by atoms with E-state index < -0.39 is 0 Å². The van der Waals surface area contributed by atoms with Crippen LogP contribution in [0.15, 0.2) is 23.2 Å². The zero-order valence-electron chi connectivity index (χ0n) is 14.8. The number of methoxy groups -OCH3 is 1. The van der Waals surface area contributed by atoms with Gasteiger partial charge in [0, 0.05) is 37.6 Å². The molecule has 4 nitrogen and oxygen atoms in total. The normalized spacial score (nSPS) is 21.6. The molecule has 0 heterocycles. The van der Waals surface area contributed by atoms with Crippen molar-refractivity contribution >= 4 is 17.7 Å². The second-order valence-electron chi connectivity index (χ2n) is 6.15. The molecule has 1 aromatic carbocycles. The number of ether oxygens (including phenoxy) is 1. The Morgan fingerprint density at radius 2 is 2.25 bits per heavy atom. The Kier molecular flexibility index (Phi) is 7.85. The molecule has 0 aliphatic heterocycles. The fourth-order valence-corrected chi connectivity index (χ4v) is 3.90. The monoisotopic (exact) mass is 353 g/mol. The lowest BCUT2D eigenvalue weighted by Gasteiger charge is -2.29. The third-order valence-electron chi connectivity index (χ3n) is 4.39. The highest BCUT2D eigenvalue weighted by Gasteiger charge is 2.21. The van der Waals surface area contributed by atoms with Gasteiger partial charge in [0.2, 0.25) is 0 Å². The number of hydrogen-bond acceptors (Lipinski definition) is 3. The summed E-state index contributed by atoms with van der Waals surface area (Å²) in [4.78, 5) is 4.31. The summed E-state index contributed by atoms with van der Waals surface area (Å²) in [6.45, 7) is 0.889. The predicted molar refractivity (Wildman–Crippen MR) is 100 cm³/mol. The summed E-state index contributed by atoms with van der Waals surface area (Å²) in [6.07, 6.45) is 7.12. The average molecular weight is 354 g/mol. The number of thioether (sulfide) groups is 1. The minimum Gasteiger partial charge on any atom is -0.380 e. The highest BCUT2D eigenvalue weighted by atomic mass is 32.2. The number of aliphatic imine (C=N–C) groups is 1. The molecule has 2 rings (SSSR count). The first-order chi connectivity index (χ1) is 11.7. The summed E-state index contributed by atoms with van der Waals surface area (Å²) >= 11 is 1.95. The Morgan fingerprint density at radius 3 is 2.96 bits per heavy atom. The minimum atomic E-state index is -0.228. The van der Waals surface area contributed by atoms with Gasteiger partial charge in [-0.25, -0.2) is 4.39 Å². The molecule has 1 fully saturated rings. The maximum Gasteiger partial charge on any atom is 0.191 e. The lowest BCUT2D eigenvalue weighted by atomic mass is 9.95. The number of nitrogens with one attached hydrogen (secondary N) is 2. The van der Waals surface area contributed by atoms with E-state index in [1.54, 1.807) is 20.2 Å². The molecule has 2 N–H and O–H groups in total. The average Bonchev–Trinajstić information content (AvgIpc) is 2.61. The van der Waals surface area contributed by atoms with E-state index in [4.69, 9.17) is 4.74 Å². The van der Waals surface area contributed by atoms with E-state index in [0.717, 1.165) is 16.8 Å². The van der Waals surface area contributed by atoms with Crippen LogP contribution in [0.5, 0.6) is 0 Å². The fraction of sp³-hybridized carbons (Fsp3) is 0.611. The maximum absolute atomic E-state index is 13.7. The molecule has 6 heteroatoms. The second-order valence-corrected chi connectivity index (χ2v) is 7.29. The van der Waals surface area contributed by atoms with Crippen molar-refractivity contribution in [3.63, 3.8) is 0 Å². The molecule has 0 bridgehead atoms. The SMILES string of the molecule is CN=C(NCc1ccc(F)c(COC)c1)NC1CCCC(SC)C1. The molecule has 0 aromatic heterocycles. The van der Waals surface area contributed by atoms with Crippen LogP contribution < -0.4 is 10.6 Å². The number of benzene rings is 1. The quantitative estimate of drug-likeness (QED) is 0.608. The molecule has 1 aliphatic rings. The van der Waals surface area contributed by atoms with E-state index >= 15 is 0 Å². The first kappa shape index (κ1) is 19.1. The summed E-state index contributed by atoms with van der Waals surface area (Å²) in [5, 5.41) is 7.58. The summed E-state index contributed by atoms with van der Waals surface area (Å²) in [5.41, 5.74) is 1.59. The molecule has 1 aromatic rings. The van der Waals surface area contributed by atoms with Crippen molar-refractivity contribution in [2.75, 3.05) is 20.4 Å². The highest BCUT2D eigenvalue weighted by Crippen LogP contribution is 2.26. The van der Waals surface area contributed by atoms with Crippen molar-refractivity contribution in [2.45, 2.75) is 50.1 Å². The van der Waals surface area contributed by atoms with Crippen LogP contribution in [0.25, 0.3) is 0 Å². The van der Waals surface area contributed by atoms with Crippen LogP contribution in [-0.4, -0.2) is 37.7 Å². The van der Waals surface area contributed by atoms with Crippen LogP contribution in [0, 0.1) is 5.82 Å². The Bertz CT molecular complexity index is 553. The molecule has 0 saturated heterocycles. The standard InChI is InChI=1S/C18H28FN3OS/c1-20-18(22-15-5-4-6-16(10-15)24-3)21-11-13-7-8-17(19)14(9-13)12-23-2/h7-9,15-16H,4-6,10-12H2,1-3H3,(H2,20,21,22). The van der Waals surface area contributed by atoms with Crippen molar-refractivity contribution < 1.29 is 9.13 Å². The highest BCUT2D eigenvalue weighted by molar-refractivity contribution is 7.99. The van der Waals surface area contributed by atoms with Gasteiger partial charge in [0.1, 0.15) is 5.82 Å². The molecule has 2 unspecified atom stereocenters. The second kappa shape index (κ2) is 9.89. The van der Waals surface area contributed by atoms with E-state index in [1.807, 2.05) is 17.8 Å². The Morgan fingerprint density at radius 1 is 1.42 bits per heavy atom. The van der Waals surface area contributed by atoms with E-state index in [2.05, 4.69) is 21.9 Å². The number of rotatable bonds is 6. The summed E-state index contributed by atoms with van der Waals surface area (Å²) in [6, 6.07) is 5.59. The Balaban J connectivity index is 1.88. The molecular weight excluding hydrogens is 325 g/mol. The molecule has 1 saturated carbocycles. The first-order valence-electron chi connectivity index (χ1n) is 8.42. The van der Waals surface area contributed by atoms with Gasteiger partial charge in [-0.15, -0.1) is 0 Å². The minimum absolute atomic E-state index is 0.228. The zero-order chi connectivity index (χ0) is 17.4.